The number of halogens is 1. The number of carbonyl (C=O) groups excluding carboxylic acids is 1. The van der Waals surface area contributed by atoms with Crippen molar-refractivity contribution in [2.45, 2.75) is 6.92 Å². The van der Waals surface area contributed by atoms with Crippen LogP contribution in [-0.4, -0.2) is 12.9 Å². The molecule has 0 aliphatic carbocycles. The van der Waals surface area contributed by atoms with Crippen molar-refractivity contribution in [3.63, 3.8) is 0 Å². The van der Waals surface area contributed by atoms with Gasteiger partial charge in [0.05, 0.1) is 7.11 Å². The van der Waals surface area contributed by atoms with Crippen LogP contribution in [0.15, 0.2) is 60.3 Å². The quantitative estimate of drug-likeness (QED) is 0.462. The molecular formula is C17H16INO2. The van der Waals surface area contributed by atoms with Crippen molar-refractivity contribution < 1.29 is 9.53 Å². The number of ether oxygens (including phenoxy) is 1. The normalized spacial score (nSPS) is 11.1. The molecule has 0 aliphatic rings. The maximum atomic E-state index is 12.1. The first-order chi connectivity index (χ1) is 10.1. The predicted molar refractivity (Wildman–Crippen MR) is 93.9 cm³/mol. The van der Waals surface area contributed by atoms with E-state index in [-0.39, 0.29) is 5.78 Å². The van der Waals surface area contributed by atoms with Gasteiger partial charge in [-0.1, -0.05) is 0 Å². The van der Waals surface area contributed by atoms with Gasteiger partial charge in [0, 0.05) is 26.6 Å². The molecule has 2 aromatic rings. The van der Waals surface area contributed by atoms with E-state index in [0.717, 1.165) is 17.1 Å². The van der Waals surface area contributed by atoms with Crippen LogP contribution in [0.5, 0.6) is 5.75 Å². The lowest BCUT2D eigenvalue weighted by atomic mass is 10.1. The Hall–Kier alpha value is -1.82. The summed E-state index contributed by atoms with van der Waals surface area (Å²) in [5.74, 6) is 0.706. The van der Waals surface area contributed by atoms with Crippen LogP contribution < -0.4 is 10.1 Å². The van der Waals surface area contributed by atoms with E-state index in [4.69, 9.17) is 4.74 Å². The van der Waals surface area contributed by atoms with Crippen LogP contribution >= 0.6 is 22.6 Å². The van der Waals surface area contributed by atoms with E-state index < -0.39 is 0 Å². The van der Waals surface area contributed by atoms with Crippen molar-refractivity contribution in [1.82, 2.24) is 0 Å². The van der Waals surface area contributed by atoms with Gasteiger partial charge in [-0.25, -0.2) is 0 Å². The van der Waals surface area contributed by atoms with Crippen LogP contribution in [0.3, 0.4) is 0 Å². The summed E-state index contributed by atoms with van der Waals surface area (Å²) in [6.07, 6.45) is 1.60. The predicted octanol–water partition coefficient (Wildman–Crippen LogP) is 4.50. The van der Waals surface area contributed by atoms with Gasteiger partial charge in [0.15, 0.2) is 5.78 Å². The van der Waals surface area contributed by atoms with Crippen molar-refractivity contribution in [3.8, 4) is 5.75 Å². The lowest BCUT2D eigenvalue weighted by Gasteiger charge is -2.06. The minimum Gasteiger partial charge on any atom is -0.497 e. The van der Waals surface area contributed by atoms with E-state index in [1.54, 1.807) is 37.5 Å². The van der Waals surface area contributed by atoms with Gasteiger partial charge in [0.2, 0.25) is 0 Å². The third-order valence-electron chi connectivity index (χ3n) is 2.91. The molecule has 4 heteroatoms. The van der Waals surface area contributed by atoms with Crippen molar-refractivity contribution in [3.05, 3.63) is 69.4 Å². The van der Waals surface area contributed by atoms with Gasteiger partial charge >= 0.3 is 0 Å². The average Bonchev–Trinajstić information content (AvgIpc) is 2.49. The first-order valence-corrected chi connectivity index (χ1v) is 7.55. The highest BCUT2D eigenvalue weighted by molar-refractivity contribution is 14.1. The summed E-state index contributed by atoms with van der Waals surface area (Å²) < 4.78 is 6.25. The van der Waals surface area contributed by atoms with Crippen molar-refractivity contribution in [1.29, 1.82) is 0 Å². The minimum atomic E-state index is -0.0341. The summed E-state index contributed by atoms with van der Waals surface area (Å²) in [5.41, 5.74) is 2.41. The minimum absolute atomic E-state index is 0.0341. The highest BCUT2D eigenvalue weighted by atomic mass is 127. The zero-order valence-corrected chi connectivity index (χ0v) is 14.0. The monoisotopic (exact) mass is 393 g/mol. The van der Waals surface area contributed by atoms with Gasteiger partial charge in [0.25, 0.3) is 0 Å². The van der Waals surface area contributed by atoms with Crippen molar-refractivity contribution in [2.75, 3.05) is 12.4 Å². The largest absolute Gasteiger partial charge is 0.497 e. The van der Waals surface area contributed by atoms with Crippen LogP contribution in [0.2, 0.25) is 0 Å². The Kier molecular flexibility index (Phi) is 5.38. The molecule has 0 saturated heterocycles. The number of ketones is 1. The second-order valence-electron chi connectivity index (χ2n) is 4.55. The highest BCUT2D eigenvalue weighted by Crippen LogP contribution is 2.15. The second kappa shape index (κ2) is 7.26. The maximum Gasteiger partial charge on any atom is 0.187 e. The Morgan fingerprint density at radius 3 is 2.29 bits per heavy atom. The van der Waals surface area contributed by atoms with Gasteiger partial charge in [-0.05, 0) is 78.0 Å². The van der Waals surface area contributed by atoms with E-state index in [9.17, 15) is 4.79 Å². The Balaban J connectivity index is 2.06. The van der Waals surface area contributed by atoms with Crippen LogP contribution in [0.25, 0.3) is 0 Å². The SMILES string of the molecule is COc1ccc(C(=O)C=C(C)Nc2ccc(I)cc2)cc1. The third-order valence-corrected chi connectivity index (χ3v) is 3.63. The van der Waals surface area contributed by atoms with Crippen LogP contribution in [-0.2, 0) is 0 Å². The van der Waals surface area contributed by atoms with Crippen molar-refractivity contribution in [2.24, 2.45) is 0 Å². The Morgan fingerprint density at radius 1 is 1.10 bits per heavy atom. The molecule has 0 amide bonds. The van der Waals surface area contributed by atoms with E-state index in [1.165, 1.54) is 3.57 Å². The number of carbonyl (C=O) groups is 1. The fourth-order valence-corrected chi connectivity index (χ4v) is 2.19. The topological polar surface area (TPSA) is 38.3 Å². The average molecular weight is 393 g/mol. The molecular weight excluding hydrogens is 377 g/mol. The first-order valence-electron chi connectivity index (χ1n) is 6.48. The molecule has 0 spiro atoms. The van der Waals surface area contributed by atoms with E-state index in [0.29, 0.717) is 5.56 Å². The first kappa shape index (κ1) is 15.6. The lowest BCUT2D eigenvalue weighted by Crippen LogP contribution is -2.01. The summed E-state index contributed by atoms with van der Waals surface area (Å²) >= 11 is 2.26. The molecule has 0 atom stereocenters. The fraction of sp³-hybridized carbons (Fsp3) is 0.118. The molecule has 108 valence electrons. The molecule has 0 radical (unpaired) electrons. The molecule has 0 saturated carbocycles. The number of rotatable bonds is 5. The number of methoxy groups -OCH3 is 1. The van der Waals surface area contributed by atoms with Gasteiger partial charge in [-0.15, -0.1) is 0 Å². The molecule has 0 unspecified atom stereocenters. The summed E-state index contributed by atoms with van der Waals surface area (Å²) in [4.78, 5) is 12.1. The number of anilines is 1. The lowest BCUT2D eigenvalue weighted by molar-refractivity contribution is 0.104. The molecule has 2 aromatic carbocycles. The smallest absolute Gasteiger partial charge is 0.187 e. The number of nitrogens with one attached hydrogen (secondary N) is 1. The molecule has 21 heavy (non-hydrogen) atoms. The molecule has 3 nitrogen and oxygen atoms in total. The number of hydrogen-bond acceptors (Lipinski definition) is 3. The van der Waals surface area contributed by atoms with Crippen LogP contribution in [0.4, 0.5) is 5.69 Å². The van der Waals surface area contributed by atoms with Gasteiger partial charge in [-0.2, -0.15) is 0 Å². The highest BCUT2D eigenvalue weighted by Gasteiger charge is 2.04. The van der Waals surface area contributed by atoms with E-state index in [1.807, 2.05) is 31.2 Å². The number of allylic oxidation sites excluding steroid dienone is 2. The number of benzene rings is 2. The van der Waals surface area contributed by atoms with Crippen LogP contribution in [0.1, 0.15) is 17.3 Å². The van der Waals surface area contributed by atoms with Crippen molar-refractivity contribution >= 4 is 34.1 Å². The molecule has 2 rings (SSSR count). The van der Waals surface area contributed by atoms with Crippen LogP contribution in [0, 0.1) is 3.57 Å². The van der Waals surface area contributed by atoms with E-state index >= 15 is 0 Å². The Bertz CT molecular complexity index is 645. The number of hydrogen-bond donors (Lipinski definition) is 1. The molecule has 0 aliphatic heterocycles. The molecule has 0 fully saturated rings. The van der Waals surface area contributed by atoms with Gasteiger partial charge in [0.1, 0.15) is 5.75 Å². The maximum absolute atomic E-state index is 12.1. The van der Waals surface area contributed by atoms with Gasteiger partial charge in [-0.3, -0.25) is 4.79 Å². The molecule has 0 aromatic heterocycles. The zero-order chi connectivity index (χ0) is 15.2. The summed E-state index contributed by atoms with van der Waals surface area (Å²) in [6.45, 7) is 1.87. The second-order valence-corrected chi connectivity index (χ2v) is 5.80. The van der Waals surface area contributed by atoms with E-state index in [2.05, 4.69) is 27.9 Å². The fourth-order valence-electron chi connectivity index (χ4n) is 1.83. The van der Waals surface area contributed by atoms with Gasteiger partial charge < -0.3 is 10.1 Å². The molecule has 0 heterocycles. The summed E-state index contributed by atoms with van der Waals surface area (Å²) in [6, 6.07) is 15.1. The zero-order valence-electron chi connectivity index (χ0n) is 11.9. The standard InChI is InChI=1S/C17H16INO2/c1-12(19-15-7-5-14(18)6-8-15)11-17(20)13-3-9-16(21-2)10-4-13/h3-11,19H,1-2H3. The Labute approximate surface area is 138 Å². The summed E-state index contributed by atoms with van der Waals surface area (Å²) in [7, 11) is 1.60. The third kappa shape index (κ3) is 4.60. The summed E-state index contributed by atoms with van der Waals surface area (Å²) in [5, 5.41) is 3.20. The molecule has 0 bridgehead atoms. The molecule has 1 N–H and O–H groups in total. The Morgan fingerprint density at radius 2 is 1.71 bits per heavy atom.